The summed E-state index contributed by atoms with van der Waals surface area (Å²) >= 11 is 0. The van der Waals surface area contributed by atoms with Crippen molar-refractivity contribution in [3.63, 3.8) is 0 Å². The van der Waals surface area contributed by atoms with Crippen molar-refractivity contribution < 1.29 is 9.59 Å². The highest BCUT2D eigenvalue weighted by molar-refractivity contribution is 6.18. The third kappa shape index (κ3) is 2.75. The van der Waals surface area contributed by atoms with Crippen LogP contribution >= 0.6 is 0 Å². The Balaban J connectivity index is 2.13. The van der Waals surface area contributed by atoms with Crippen molar-refractivity contribution in [2.75, 3.05) is 6.54 Å². The third-order valence-electron chi connectivity index (χ3n) is 3.48. The molecule has 100 valence electrons. The van der Waals surface area contributed by atoms with Gasteiger partial charge in [0.2, 0.25) is 5.91 Å². The first-order chi connectivity index (χ1) is 9.15. The smallest absolute Gasteiger partial charge is 0.227 e. The molecule has 1 amide bonds. The largest absolute Gasteiger partial charge is 0.356 e. The molecule has 0 radical (unpaired) electrons. The van der Waals surface area contributed by atoms with Gasteiger partial charge in [-0.3, -0.25) is 9.59 Å². The lowest BCUT2D eigenvalue weighted by molar-refractivity contribution is -0.122. The van der Waals surface area contributed by atoms with Crippen LogP contribution in [0.25, 0.3) is 5.57 Å². The van der Waals surface area contributed by atoms with Gasteiger partial charge in [-0.2, -0.15) is 0 Å². The number of benzene rings is 1. The van der Waals surface area contributed by atoms with Gasteiger partial charge >= 0.3 is 0 Å². The monoisotopic (exact) mass is 257 g/mol. The molecule has 0 spiro atoms. The number of unbranched alkanes of at least 4 members (excludes halogenated alkanes) is 1. The molecule has 1 aromatic rings. The molecular formula is C16H19NO2. The second-order valence-corrected chi connectivity index (χ2v) is 4.88. The molecule has 0 heterocycles. The van der Waals surface area contributed by atoms with Gasteiger partial charge in [0.25, 0.3) is 0 Å². The predicted molar refractivity (Wildman–Crippen MR) is 75.8 cm³/mol. The summed E-state index contributed by atoms with van der Waals surface area (Å²) < 4.78 is 0. The fourth-order valence-electron chi connectivity index (χ4n) is 2.29. The van der Waals surface area contributed by atoms with Gasteiger partial charge in [0.15, 0.2) is 5.78 Å². The summed E-state index contributed by atoms with van der Waals surface area (Å²) in [5.41, 5.74) is 2.42. The van der Waals surface area contributed by atoms with Crippen molar-refractivity contribution in [2.45, 2.75) is 26.7 Å². The third-order valence-corrected chi connectivity index (χ3v) is 3.48. The zero-order valence-electron chi connectivity index (χ0n) is 11.4. The van der Waals surface area contributed by atoms with Crippen molar-refractivity contribution in [1.82, 2.24) is 5.32 Å². The fraction of sp³-hybridized carbons (Fsp3) is 0.375. The maximum atomic E-state index is 12.1. The van der Waals surface area contributed by atoms with Gasteiger partial charge in [-0.05, 0) is 30.6 Å². The molecule has 2 rings (SSSR count). The van der Waals surface area contributed by atoms with E-state index in [1.54, 1.807) is 6.08 Å². The first kappa shape index (κ1) is 13.5. The van der Waals surface area contributed by atoms with Crippen LogP contribution in [0.5, 0.6) is 0 Å². The summed E-state index contributed by atoms with van der Waals surface area (Å²) in [6.45, 7) is 4.63. The lowest BCUT2D eigenvalue weighted by Gasteiger charge is -2.14. The molecule has 0 bridgehead atoms. The average molecular weight is 257 g/mol. The number of amides is 1. The lowest BCUT2D eigenvalue weighted by Crippen LogP contribution is -2.30. The Morgan fingerprint density at radius 2 is 1.95 bits per heavy atom. The number of allylic oxidation sites excluding steroid dienone is 1. The fourth-order valence-corrected chi connectivity index (χ4v) is 2.29. The molecule has 3 heteroatoms. The summed E-state index contributed by atoms with van der Waals surface area (Å²) in [6.07, 6.45) is 3.63. The maximum absolute atomic E-state index is 12.1. The highest BCUT2D eigenvalue weighted by Gasteiger charge is 2.27. The normalized spacial score (nSPS) is 14.8. The van der Waals surface area contributed by atoms with E-state index in [9.17, 15) is 9.59 Å². The number of carbonyl (C=O) groups excluding carboxylic acids is 2. The van der Waals surface area contributed by atoms with E-state index in [1.807, 2.05) is 31.2 Å². The molecule has 0 fully saturated rings. The summed E-state index contributed by atoms with van der Waals surface area (Å²) in [5, 5.41) is 2.91. The van der Waals surface area contributed by atoms with E-state index >= 15 is 0 Å². The van der Waals surface area contributed by atoms with Gasteiger partial charge in [-0.1, -0.05) is 37.6 Å². The number of nitrogens with one attached hydrogen (secondary N) is 1. The second-order valence-electron chi connectivity index (χ2n) is 4.88. The van der Waals surface area contributed by atoms with Crippen molar-refractivity contribution in [3.8, 4) is 0 Å². The molecule has 1 aliphatic carbocycles. The second kappa shape index (κ2) is 5.83. The number of carbonyl (C=O) groups is 2. The van der Waals surface area contributed by atoms with Gasteiger partial charge < -0.3 is 5.32 Å². The van der Waals surface area contributed by atoms with Crippen molar-refractivity contribution in [3.05, 3.63) is 41.5 Å². The van der Waals surface area contributed by atoms with E-state index in [0.717, 1.165) is 24.0 Å². The van der Waals surface area contributed by atoms with Crippen LogP contribution in [-0.4, -0.2) is 18.2 Å². The molecular weight excluding hydrogens is 238 g/mol. The average Bonchev–Trinajstić information content (AvgIpc) is 2.76. The zero-order valence-corrected chi connectivity index (χ0v) is 11.4. The first-order valence-corrected chi connectivity index (χ1v) is 6.78. The highest BCUT2D eigenvalue weighted by Crippen LogP contribution is 2.32. The molecule has 1 atom stereocenters. The molecule has 1 aromatic carbocycles. The molecule has 0 saturated heterocycles. The standard InChI is InChI=1S/C16H19NO2/c1-3-4-9-17-16(19)11(2)14-10-15(18)13-8-6-5-7-12(13)14/h5-8,10-11H,3-4,9H2,1-2H3,(H,17,19). The van der Waals surface area contributed by atoms with Crippen LogP contribution in [0.4, 0.5) is 0 Å². The Kier molecular flexibility index (Phi) is 4.15. The van der Waals surface area contributed by atoms with Crippen LogP contribution in [0.3, 0.4) is 0 Å². The number of ketones is 1. The van der Waals surface area contributed by atoms with Crippen molar-refractivity contribution in [2.24, 2.45) is 5.92 Å². The Bertz CT molecular complexity index is 531. The number of fused-ring (bicyclic) bond motifs is 1. The first-order valence-electron chi connectivity index (χ1n) is 6.78. The minimum atomic E-state index is -0.288. The van der Waals surface area contributed by atoms with Gasteiger partial charge in [-0.25, -0.2) is 0 Å². The van der Waals surface area contributed by atoms with Gasteiger partial charge in [0.05, 0.1) is 5.92 Å². The summed E-state index contributed by atoms with van der Waals surface area (Å²) in [6, 6.07) is 7.46. The molecule has 19 heavy (non-hydrogen) atoms. The Hall–Kier alpha value is -1.90. The van der Waals surface area contributed by atoms with Crippen LogP contribution in [0.15, 0.2) is 30.3 Å². The van der Waals surface area contributed by atoms with Crippen LogP contribution in [0.1, 0.15) is 42.6 Å². The predicted octanol–water partition coefficient (Wildman–Crippen LogP) is 2.82. The van der Waals surface area contributed by atoms with Gasteiger partial charge in [0, 0.05) is 12.1 Å². The molecule has 0 aliphatic heterocycles. The molecule has 0 saturated carbocycles. The SMILES string of the molecule is CCCCNC(=O)C(C)C1=CC(=O)c2ccccc21. The van der Waals surface area contributed by atoms with E-state index < -0.39 is 0 Å². The van der Waals surface area contributed by atoms with Gasteiger partial charge in [-0.15, -0.1) is 0 Å². The molecule has 1 unspecified atom stereocenters. The van der Waals surface area contributed by atoms with Crippen LogP contribution in [0.2, 0.25) is 0 Å². The molecule has 1 aliphatic rings. The Labute approximate surface area is 113 Å². The van der Waals surface area contributed by atoms with Crippen LogP contribution in [-0.2, 0) is 4.79 Å². The summed E-state index contributed by atoms with van der Waals surface area (Å²) in [4.78, 5) is 23.9. The van der Waals surface area contributed by atoms with Crippen LogP contribution < -0.4 is 5.32 Å². The van der Waals surface area contributed by atoms with E-state index in [0.29, 0.717) is 12.1 Å². The van der Waals surface area contributed by atoms with E-state index in [4.69, 9.17) is 0 Å². The molecule has 1 N–H and O–H groups in total. The zero-order chi connectivity index (χ0) is 13.8. The highest BCUT2D eigenvalue weighted by atomic mass is 16.2. The quantitative estimate of drug-likeness (QED) is 0.824. The minimum Gasteiger partial charge on any atom is -0.356 e. The number of rotatable bonds is 5. The molecule has 0 aromatic heterocycles. The van der Waals surface area contributed by atoms with Crippen molar-refractivity contribution >= 4 is 17.3 Å². The van der Waals surface area contributed by atoms with Crippen molar-refractivity contribution in [1.29, 1.82) is 0 Å². The number of hydrogen-bond donors (Lipinski definition) is 1. The minimum absolute atomic E-state index is 0.00110. The number of hydrogen-bond acceptors (Lipinski definition) is 2. The Morgan fingerprint density at radius 1 is 1.26 bits per heavy atom. The maximum Gasteiger partial charge on any atom is 0.227 e. The topological polar surface area (TPSA) is 46.2 Å². The lowest BCUT2D eigenvalue weighted by atomic mass is 9.94. The van der Waals surface area contributed by atoms with Crippen LogP contribution in [0, 0.1) is 5.92 Å². The van der Waals surface area contributed by atoms with E-state index in [-0.39, 0.29) is 17.6 Å². The summed E-state index contributed by atoms with van der Waals surface area (Å²) in [7, 11) is 0. The van der Waals surface area contributed by atoms with E-state index in [2.05, 4.69) is 12.2 Å². The molecule has 3 nitrogen and oxygen atoms in total. The van der Waals surface area contributed by atoms with E-state index in [1.165, 1.54) is 0 Å². The Morgan fingerprint density at radius 3 is 2.63 bits per heavy atom. The van der Waals surface area contributed by atoms with Gasteiger partial charge in [0.1, 0.15) is 0 Å². The summed E-state index contributed by atoms with van der Waals surface area (Å²) in [5.74, 6) is -0.299.